The van der Waals surface area contributed by atoms with Gasteiger partial charge in [0.05, 0.1) is 6.10 Å². The van der Waals surface area contributed by atoms with Crippen LogP contribution in [0, 0.1) is 0 Å². The lowest BCUT2D eigenvalue weighted by molar-refractivity contribution is -0.142. The van der Waals surface area contributed by atoms with Crippen LogP contribution in [0.25, 0.3) is 0 Å². The standard InChI is InChI=1S/C9H12BrNO2S/c1-2-13-6-3-9(12,4-6)8-11-7(10)5-14-8/h5-6,12H,2-4H2,1H3. The normalized spacial score (nSPS) is 31.5. The lowest BCUT2D eigenvalue weighted by atomic mass is 9.78. The average Bonchev–Trinajstić information content (AvgIpc) is 2.49. The Morgan fingerprint density at radius 3 is 3.00 bits per heavy atom. The summed E-state index contributed by atoms with van der Waals surface area (Å²) in [7, 11) is 0. The van der Waals surface area contributed by atoms with Gasteiger partial charge in [0.2, 0.25) is 0 Å². The molecule has 78 valence electrons. The van der Waals surface area contributed by atoms with E-state index in [0.717, 1.165) is 9.61 Å². The van der Waals surface area contributed by atoms with E-state index in [1.807, 2.05) is 12.3 Å². The molecule has 0 amide bonds. The molecule has 2 rings (SSSR count). The second-order valence-corrected chi connectivity index (χ2v) is 5.16. The Morgan fingerprint density at radius 2 is 2.50 bits per heavy atom. The highest BCUT2D eigenvalue weighted by atomic mass is 79.9. The van der Waals surface area contributed by atoms with E-state index in [-0.39, 0.29) is 6.10 Å². The van der Waals surface area contributed by atoms with Crippen molar-refractivity contribution < 1.29 is 9.84 Å². The summed E-state index contributed by atoms with van der Waals surface area (Å²) in [5.41, 5.74) is -0.740. The van der Waals surface area contributed by atoms with Gasteiger partial charge in [-0.1, -0.05) is 0 Å². The first kappa shape index (κ1) is 10.5. The summed E-state index contributed by atoms with van der Waals surface area (Å²) < 4.78 is 6.20. The minimum atomic E-state index is -0.740. The number of nitrogens with zero attached hydrogens (tertiary/aromatic N) is 1. The summed E-state index contributed by atoms with van der Waals surface area (Å²) in [6.07, 6.45) is 1.54. The zero-order chi connectivity index (χ0) is 10.2. The third kappa shape index (κ3) is 1.86. The van der Waals surface area contributed by atoms with Gasteiger partial charge in [0.15, 0.2) is 0 Å². The number of aromatic nitrogens is 1. The predicted octanol–water partition coefficient (Wildman–Crippen LogP) is 2.29. The molecule has 5 heteroatoms. The smallest absolute Gasteiger partial charge is 0.126 e. The molecular weight excluding hydrogens is 266 g/mol. The van der Waals surface area contributed by atoms with Crippen LogP contribution in [-0.2, 0) is 10.3 Å². The van der Waals surface area contributed by atoms with E-state index in [9.17, 15) is 5.11 Å². The zero-order valence-electron chi connectivity index (χ0n) is 7.86. The molecule has 0 bridgehead atoms. The van der Waals surface area contributed by atoms with Gasteiger partial charge < -0.3 is 9.84 Å². The summed E-state index contributed by atoms with van der Waals surface area (Å²) in [6, 6.07) is 0. The Labute approximate surface area is 95.3 Å². The molecule has 1 aromatic rings. The molecule has 1 aromatic heterocycles. The molecule has 0 unspecified atom stereocenters. The van der Waals surface area contributed by atoms with Gasteiger partial charge in [-0.3, -0.25) is 0 Å². The molecule has 0 saturated heterocycles. The Morgan fingerprint density at radius 1 is 1.79 bits per heavy atom. The van der Waals surface area contributed by atoms with Crippen LogP contribution in [0.1, 0.15) is 24.8 Å². The van der Waals surface area contributed by atoms with Crippen molar-refractivity contribution in [1.82, 2.24) is 4.98 Å². The van der Waals surface area contributed by atoms with Crippen molar-refractivity contribution in [2.24, 2.45) is 0 Å². The summed E-state index contributed by atoms with van der Waals surface area (Å²) >= 11 is 4.77. The quantitative estimate of drug-likeness (QED) is 0.922. The number of aliphatic hydroxyl groups is 1. The lowest BCUT2D eigenvalue weighted by Gasteiger charge is -2.41. The maximum Gasteiger partial charge on any atom is 0.126 e. The second kappa shape index (κ2) is 3.89. The number of hydrogen-bond acceptors (Lipinski definition) is 4. The predicted molar refractivity (Wildman–Crippen MR) is 58.4 cm³/mol. The summed E-state index contributed by atoms with van der Waals surface area (Å²) in [4.78, 5) is 4.23. The van der Waals surface area contributed by atoms with Crippen LogP contribution in [-0.4, -0.2) is 22.8 Å². The lowest BCUT2D eigenvalue weighted by Crippen LogP contribution is -2.45. The highest BCUT2D eigenvalue weighted by Crippen LogP contribution is 2.44. The molecule has 14 heavy (non-hydrogen) atoms. The van der Waals surface area contributed by atoms with E-state index in [1.165, 1.54) is 11.3 Å². The molecule has 1 saturated carbocycles. The topological polar surface area (TPSA) is 42.4 Å². The number of halogens is 1. The monoisotopic (exact) mass is 277 g/mol. The Bertz CT molecular complexity index is 322. The van der Waals surface area contributed by atoms with E-state index in [0.29, 0.717) is 19.4 Å². The van der Waals surface area contributed by atoms with Crippen LogP contribution >= 0.6 is 27.3 Å². The summed E-state index contributed by atoms with van der Waals surface area (Å²) in [6.45, 7) is 2.68. The van der Waals surface area contributed by atoms with Crippen molar-refractivity contribution in [1.29, 1.82) is 0 Å². The van der Waals surface area contributed by atoms with Crippen LogP contribution in [0.3, 0.4) is 0 Å². The molecule has 0 spiro atoms. The van der Waals surface area contributed by atoms with Gasteiger partial charge in [0, 0.05) is 24.8 Å². The van der Waals surface area contributed by atoms with E-state index >= 15 is 0 Å². The van der Waals surface area contributed by atoms with Crippen molar-refractivity contribution >= 4 is 27.3 Å². The minimum Gasteiger partial charge on any atom is -0.382 e. The van der Waals surface area contributed by atoms with Crippen LogP contribution in [0.4, 0.5) is 0 Å². The third-order valence-electron chi connectivity index (χ3n) is 2.41. The molecule has 0 atom stereocenters. The van der Waals surface area contributed by atoms with Crippen LogP contribution in [0.15, 0.2) is 9.98 Å². The maximum absolute atomic E-state index is 10.1. The summed E-state index contributed by atoms with van der Waals surface area (Å²) in [5.74, 6) is 0. The molecule has 0 aliphatic heterocycles. The number of hydrogen-bond donors (Lipinski definition) is 1. The largest absolute Gasteiger partial charge is 0.382 e. The first-order valence-corrected chi connectivity index (χ1v) is 6.27. The Hall–Kier alpha value is 0.0300. The zero-order valence-corrected chi connectivity index (χ0v) is 10.3. The Kier molecular flexibility index (Phi) is 2.93. The van der Waals surface area contributed by atoms with E-state index in [4.69, 9.17) is 4.74 Å². The fourth-order valence-electron chi connectivity index (χ4n) is 1.69. The SMILES string of the molecule is CCOC1CC(O)(c2nc(Br)cs2)C1. The van der Waals surface area contributed by atoms with Gasteiger partial charge in [0.1, 0.15) is 15.2 Å². The number of rotatable bonds is 3. The van der Waals surface area contributed by atoms with E-state index in [1.54, 1.807) is 0 Å². The van der Waals surface area contributed by atoms with Crippen molar-refractivity contribution in [2.75, 3.05) is 6.61 Å². The minimum absolute atomic E-state index is 0.202. The van der Waals surface area contributed by atoms with Gasteiger partial charge in [0.25, 0.3) is 0 Å². The molecule has 3 nitrogen and oxygen atoms in total. The molecule has 1 aliphatic rings. The second-order valence-electron chi connectivity index (χ2n) is 3.49. The summed E-state index contributed by atoms with van der Waals surface area (Å²) in [5, 5.41) is 12.8. The van der Waals surface area contributed by atoms with Crippen LogP contribution in [0.2, 0.25) is 0 Å². The van der Waals surface area contributed by atoms with E-state index < -0.39 is 5.60 Å². The fraction of sp³-hybridized carbons (Fsp3) is 0.667. The third-order valence-corrected chi connectivity index (χ3v) is 4.15. The van der Waals surface area contributed by atoms with Crippen LogP contribution < -0.4 is 0 Å². The van der Waals surface area contributed by atoms with Gasteiger partial charge in [-0.25, -0.2) is 4.98 Å². The first-order chi connectivity index (χ1) is 6.64. The molecule has 1 N–H and O–H groups in total. The molecule has 1 aliphatic carbocycles. The van der Waals surface area contributed by atoms with Gasteiger partial charge in [-0.05, 0) is 22.9 Å². The molecule has 1 heterocycles. The van der Waals surface area contributed by atoms with E-state index in [2.05, 4.69) is 20.9 Å². The van der Waals surface area contributed by atoms with Crippen molar-refractivity contribution in [2.45, 2.75) is 31.5 Å². The highest BCUT2D eigenvalue weighted by Gasteiger charge is 2.46. The molecule has 1 fully saturated rings. The van der Waals surface area contributed by atoms with Crippen molar-refractivity contribution in [3.05, 3.63) is 15.0 Å². The first-order valence-electron chi connectivity index (χ1n) is 4.59. The van der Waals surface area contributed by atoms with Crippen LogP contribution in [0.5, 0.6) is 0 Å². The molecule has 0 aromatic carbocycles. The number of ether oxygens (including phenoxy) is 1. The molecular formula is C9H12BrNO2S. The fourth-order valence-corrected chi connectivity index (χ4v) is 3.06. The molecule has 0 radical (unpaired) electrons. The van der Waals surface area contributed by atoms with Gasteiger partial charge >= 0.3 is 0 Å². The Balaban J connectivity index is 2.00. The maximum atomic E-state index is 10.1. The average molecular weight is 278 g/mol. The highest BCUT2D eigenvalue weighted by molar-refractivity contribution is 9.10. The van der Waals surface area contributed by atoms with Gasteiger partial charge in [-0.15, -0.1) is 11.3 Å². The van der Waals surface area contributed by atoms with Crippen molar-refractivity contribution in [3.63, 3.8) is 0 Å². The number of thiazole rings is 1. The van der Waals surface area contributed by atoms with Crippen molar-refractivity contribution in [3.8, 4) is 0 Å². The van der Waals surface area contributed by atoms with Gasteiger partial charge in [-0.2, -0.15) is 0 Å².